The minimum Gasteiger partial charge on any atom is -0.508 e. The van der Waals surface area contributed by atoms with Gasteiger partial charge in [-0.3, -0.25) is 9.88 Å². The Morgan fingerprint density at radius 1 is 1.12 bits per heavy atom. The van der Waals surface area contributed by atoms with Crippen LogP contribution in [0.5, 0.6) is 11.8 Å². The van der Waals surface area contributed by atoms with Crippen LogP contribution in [0.3, 0.4) is 0 Å². The fraction of sp³-hybridized carbons (Fsp3) is 0.452. The standard InChI is InChI=1S/C31H31F3N6O3/c32-18-9-31(5-2-6-40(31)13-18)16-42-30-37-28-23(29(38-30)39-14-20-10-35-11-21(15-39)43-20)12-36-27(26(28)34)22-8-19(41)7-17-3-1-4-24(33)25(17)22/h1,3-4,7-8,12,18,20-21,35,41H,2,5-6,9-11,13-16H2/t18-,20?,21?,31+/m1/s1. The molecule has 4 aromatic rings. The molecule has 8 rings (SSSR count). The van der Waals surface area contributed by atoms with E-state index in [1.807, 2.05) is 4.90 Å². The van der Waals surface area contributed by atoms with Crippen molar-refractivity contribution in [3.8, 4) is 23.0 Å². The molecule has 0 saturated carbocycles. The third kappa shape index (κ3) is 4.54. The van der Waals surface area contributed by atoms with E-state index in [-0.39, 0.29) is 52.7 Å². The maximum absolute atomic E-state index is 16.6. The fourth-order valence-electron chi connectivity index (χ4n) is 7.44. The second-order valence-electron chi connectivity index (χ2n) is 12.2. The fourth-order valence-corrected chi connectivity index (χ4v) is 7.44. The second kappa shape index (κ2) is 10.2. The van der Waals surface area contributed by atoms with E-state index in [0.29, 0.717) is 55.7 Å². The summed E-state index contributed by atoms with van der Waals surface area (Å²) >= 11 is 0. The quantitative estimate of drug-likeness (QED) is 0.357. The Balaban J connectivity index is 1.25. The number of nitrogens with zero attached hydrogens (tertiary/aromatic N) is 5. The number of morpholine rings is 2. The Kier molecular flexibility index (Phi) is 6.35. The van der Waals surface area contributed by atoms with Crippen molar-refractivity contribution in [2.75, 3.05) is 50.8 Å². The molecule has 2 N–H and O–H groups in total. The summed E-state index contributed by atoms with van der Waals surface area (Å²) < 4.78 is 58.3. The van der Waals surface area contributed by atoms with E-state index in [0.717, 1.165) is 19.4 Å². The minimum atomic E-state index is -0.915. The van der Waals surface area contributed by atoms with E-state index in [4.69, 9.17) is 14.5 Å². The molecule has 2 aromatic carbocycles. The topological polar surface area (TPSA) is 95.9 Å². The largest absolute Gasteiger partial charge is 0.508 e. The maximum Gasteiger partial charge on any atom is 0.319 e. The Bertz CT molecular complexity index is 1730. The van der Waals surface area contributed by atoms with Gasteiger partial charge in [-0.1, -0.05) is 12.1 Å². The predicted octanol–water partition coefficient (Wildman–Crippen LogP) is 3.96. The normalized spacial score (nSPS) is 27.2. The number of halogens is 3. The summed E-state index contributed by atoms with van der Waals surface area (Å²) in [5.41, 5.74) is -0.487. The molecule has 0 aliphatic carbocycles. The molecule has 43 heavy (non-hydrogen) atoms. The van der Waals surface area contributed by atoms with Gasteiger partial charge in [0.1, 0.15) is 41.4 Å². The number of phenolic OH excluding ortho intramolecular Hbond substituents is 1. The Hall–Kier alpha value is -3.74. The van der Waals surface area contributed by atoms with Crippen molar-refractivity contribution >= 4 is 27.5 Å². The molecule has 9 nitrogen and oxygen atoms in total. The first-order valence-electron chi connectivity index (χ1n) is 14.8. The number of aromatic hydroxyl groups is 1. The zero-order valence-electron chi connectivity index (χ0n) is 23.4. The molecule has 12 heteroatoms. The summed E-state index contributed by atoms with van der Waals surface area (Å²) in [5, 5.41) is 14.7. The molecule has 2 aromatic heterocycles. The monoisotopic (exact) mass is 592 g/mol. The molecule has 4 aliphatic rings. The number of aromatic nitrogens is 3. The molecule has 0 amide bonds. The van der Waals surface area contributed by atoms with Crippen LogP contribution in [0, 0.1) is 11.6 Å². The molecule has 2 bridgehead atoms. The molecule has 0 radical (unpaired) electrons. The lowest BCUT2D eigenvalue weighted by molar-refractivity contribution is -0.0485. The van der Waals surface area contributed by atoms with Crippen molar-refractivity contribution in [1.29, 1.82) is 0 Å². The summed E-state index contributed by atoms with van der Waals surface area (Å²) in [5.74, 6) is -1.00. The highest BCUT2D eigenvalue weighted by Gasteiger charge is 2.49. The van der Waals surface area contributed by atoms with Gasteiger partial charge in [-0.05, 0) is 43.0 Å². The van der Waals surface area contributed by atoms with E-state index in [9.17, 15) is 9.50 Å². The highest BCUT2D eigenvalue weighted by Crippen LogP contribution is 2.41. The molecule has 2 unspecified atom stereocenters. The zero-order chi connectivity index (χ0) is 29.3. The SMILES string of the molecule is Oc1cc(-c2ncc3c(N4CC5CNCC(C4)O5)nc(OC[C@@]45CCCN4C[C@H](F)C5)nc3c2F)c2c(F)cccc2c1. The molecular weight excluding hydrogens is 561 g/mol. The first-order valence-corrected chi connectivity index (χ1v) is 14.8. The number of hydrogen-bond acceptors (Lipinski definition) is 9. The van der Waals surface area contributed by atoms with Crippen molar-refractivity contribution in [1.82, 2.24) is 25.2 Å². The number of anilines is 1. The summed E-state index contributed by atoms with van der Waals surface area (Å²) in [6, 6.07) is 7.18. The predicted molar refractivity (Wildman–Crippen MR) is 154 cm³/mol. The van der Waals surface area contributed by atoms with E-state index >= 15 is 8.78 Å². The van der Waals surface area contributed by atoms with Crippen LogP contribution in [-0.4, -0.2) is 94.8 Å². The average Bonchev–Trinajstić information content (AvgIpc) is 3.51. The number of rotatable bonds is 5. The van der Waals surface area contributed by atoms with Crippen molar-refractivity contribution in [2.45, 2.75) is 43.2 Å². The number of ether oxygens (including phenoxy) is 2. The Morgan fingerprint density at radius 3 is 2.79 bits per heavy atom. The smallest absolute Gasteiger partial charge is 0.319 e. The van der Waals surface area contributed by atoms with Crippen molar-refractivity contribution in [2.24, 2.45) is 0 Å². The van der Waals surface area contributed by atoms with Gasteiger partial charge in [0.25, 0.3) is 0 Å². The number of fused-ring (bicyclic) bond motifs is 5. The third-order valence-electron chi connectivity index (χ3n) is 9.32. The Labute approximate surface area is 245 Å². The number of phenols is 1. The molecule has 6 heterocycles. The van der Waals surface area contributed by atoms with E-state index < -0.39 is 23.3 Å². The van der Waals surface area contributed by atoms with Crippen LogP contribution in [-0.2, 0) is 4.74 Å². The van der Waals surface area contributed by atoms with Crippen LogP contribution in [0.15, 0.2) is 36.5 Å². The molecule has 0 spiro atoms. The van der Waals surface area contributed by atoms with Crippen LogP contribution >= 0.6 is 0 Å². The summed E-state index contributed by atoms with van der Waals surface area (Å²) in [6.07, 6.45) is 2.61. The average molecular weight is 593 g/mol. The van der Waals surface area contributed by atoms with Gasteiger partial charge in [-0.15, -0.1) is 0 Å². The van der Waals surface area contributed by atoms with Crippen molar-refractivity contribution < 1.29 is 27.8 Å². The van der Waals surface area contributed by atoms with E-state index in [2.05, 4.69) is 20.2 Å². The highest BCUT2D eigenvalue weighted by atomic mass is 19.1. The van der Waals surface area contributed by atoms with Gasteiger partial charge in [0, 0.05) is 56.3 Å². The first-order chi connectivity index (χ1) is 20.9. The number of alkyl halides is 1. The second-order valence-corrected chi connectivity index (χ2v) is 12.2. The van der Waals surface area contributed by atoms with Crippen LogP contribution in [0.25, 0.3) is 32.9 Å². The highest BCUT2D eigenvalue weighted by molar-refractivity contribution is 6.00. The Morgan fingerprint density at radius 2 is 1.95 bits per heavy atom. The lowest BCUT2D eigenvalue weighted by Crippen LogP contribution is -2.58. The van der Waals surface area contributed by atoms with Gasteiger partial charge in [-0.2, -0.15) is 9.97 Å². The molecule has 4 aliphatic heterocycles. The van der Waals surface area contributed by atoms with Gasteiger partial charge in [-0.25, -0.2) is 13.2 Å². The number of hydrogen-bond donors (Lipinski definition) is 2. The maximum atomic E-state index is 16.6. The van der Waals surface area contributed by atoms with Crippen molar-refractivity contribution in [3.05, 3.63) is 48.2 Å². The molecule has 4 atom stereocenters. The number of benzene rings is 2. The van der Waals surface area contributed by atoms with Crippen molar-refractivity contribution in [3.63, 3.8) is 0 Å². The molecule has 4 fully saturated rings. The van der Waals surface area contributed by atoms with Crippen LogP contribution in [0.1, 0.15) is 19.3 Å². The summed E-state index contributed by atoms with van der Waals surface area (Å²) in [7, 11) is 0. The van der Waals surface area contributed by atoms with Gasteiger partial charge in [0.05, 0.1) is 23.1 Å². The summed E-state index contributed by atoms with van der Waals surface area (Å²) in [4.78, 5) is 17.9. The lowest BCUT2D eigenvalue weighted by Gasteiger charge is -2.42. The first kappa shape index (κ1) is 26.9. The number of pyridine rings is 1. The van der Waals surface area contributed by atoms with Gasteiger partial charge in [0.15, 0.2) is 5.82 Å². The minimum absolute atomic E-state index is 0.0104. The van der Waals surface area contributed by atoms with Gasteiger partial charge >= 0.3 is 6.01 Å². The van der Waals surface area contributed by atoms with E-state index in [1.165, 1.54) is 30.5 Å². The lowest BCUT2D eigenvalue weighted by atomic mass is 9.95. The van der Waals surface area contributed by atoms with Crippen LogP contribution < -0.4 is 15.0 Å². The van der Waals surface area contributed by atoms with Crippen LogP contribution in [0.4, 0.5) is 19.0 Å². The van der Waals surface area contributed by atoms with Crippen LogP contribution in [0.2, 0.25) is 0 Å². The van der Waals surface area contributed by atoms with Gasteiger partial charge in [0.2, 0.25) is 0 Å². The molecule has 4 saturated heterocycles. The summed E-state index contributed by atoms with van der Waals surface area (Å²) in [6.45, 7) is 3.83. The van der Waals surface area contributed by atoms with E-state index in [1.54, 1.807) is 6.07 Å². The number of nitrogens with one attached hydrogen (secondary N) is 1. The van der Waals surface area contributed by atoms with Gasteiger partial charge < -0.3 is 24.8 Å². The zero-order valence-corrected chi connectivity index (χ0v) is 23.4. The molecule has 224 valence electrons. The molecular formula is C31H31F3N6O3. The third-order valence-corrected chi connectivity index (χ3v) is 9.32.